The van der Waals surface area contributed by atoms with E-state index in [0.717, 1.165) is 50.1 Å². The first kappa shape index (κ1) is 74.0. The molecule has 3 saturated heterocycles. The molecule has 9 aromatic rings. The molecule has 102 heavy (non-hydrogen) atoms. The monoisotopic (exact) mass is 1400 g/mol. The third-order valence-corrected chi connectivity index (χ3v) is 18.9. The summed E-state index contributed by atoms with van der Waals surface area (Å²) in [6, 6.07) is 89.5. The van der Waals surface area contributed by atoms with E-state index < -0.39 is 97.2 Å². The van der Waals surface area contributed by atoms with Gasteiger partial charge in [0.2, 0.25) is 0 Å². The largest absolute Gasteiger partial charge is 0.454 e. The molecule has 7 unspecified atom stereocenters. The topological polar surface area (TPSA) is 156 Å². The zero-order valence-corrected chi connectivity index (χ0v) is 58.6. The first-order valence-electron chi connectivity index (χ1n) is 35.2. The number of hydrogen-bond acceptors (Lipinski definition) is 17. The van der Waals surface area contributed by atoms with Crippen LogP contribution in [-0.2, 0) is 135 Å². The van der Waals surface area contributed by atoms with Gasteiger partial charge < -0.3 is 71.1 Å². The van der Waals surface area contributed by atoms with E-state index in [4.69, 9.17) is 71.1 Å². The highest BCUT2D eigenvalue weighted by atomic mass is 32.2. The number of rotatable bonds is 37. The lowest BCUT2D eigenvalue weighted by atomic mass is 9.95. The van der Waals surface area contributed by atoms with Crippen LogP contribution in [0.3, 0.4) is 0 Å². The summed E-state index contributed by atoms with van der Waals surface area (Å²) in [5.41, 5.74) is 7.65. The minimum atomic E-state index is -1.46. The van der Waals surface area contributed by atoms with Crippen molar-refractivity contribution in [2.45, 2.75) is 165 Å². The fraction of sp³-hybridized carbons (Fsp3) is 0.353. The van der Waals surface area contributed by atoms with Crippen LogP contribution < -0.4 is 0 Å². The maximum atomic E-state index is 14.1. The van der Waals surface area contributed by atoms with Gasteiger partial charge in [0.05, 0.1) is 79.3 Å². The summed E-state index contributed by atoms with van der Waals surface area (Å²) in [4.78, 5) is 14.1. The van der Waals surface area contributed by atoms with Crippen molar-refractivity contribution in [2.24, 2.45) is 0 Å². The predicted molar refractivity (Wildman–Crippen MR) is 388 cm³/mol. The minimum absolute atomic E-state index is 0.00123. The van der Waals surface area contributed by atoms with Gasteiger partial charge >= 0.3 is 5.97 Å². The van der Waals surface area contributed by atoms with Crippen LogP contribution in [0.4, 0.5) is 0 Å². The van der Waals surface area contributed by atoms with Crippen LogP contribution in [0.2, 0.25) is 0 Å². The van der Waals surface area contributed by atoms with Crippen LogP contribution in [0.5, 0.6) is 0 Å². The zero-order chi connectivity index (χ0) is 69.8. The van der Waals surface area contributed by atoms with Gasteiger partial charge in [0.1, 0.15) is 72.6 Å². The van der Waals surface area contributed by atoms with Crippen LogP contribution in [-0.4, -0.2) is 123 Å². The molecule has 0 aromatic heterocycles. The number of carbonyl (C=O) groups excluding carboxylic acids is 1. The first-order chi connectivity index (χ1) is 50.4. The number of benzene rings is 9. The molecule has 0 N–H and O–H groups in total. The lowest BCUT2D eigenvalue weighted by molar-refractivity contribution is -0.391. The quantitative estimate of drug-likeness (QED) is 0.0339. The molecule has 0 bridgehead atoms. The highest BCUT2D eigenvalue weighted by Crippen LogP contribution is 2.41. The second kappa shape index (κ2) is 39.8. The molecule has 0 amide bonds. The molecule has 0 spiro atoms. The Morgan fingerprint density at radius 1 is 0.294 bits per heavy atom. The second-order valence-corrected chi connectivity index (χ2v) is 26.8. The Morgan fingerprint density at radius 2 is 0.529 bits per heavy atom. The van der Waals surface area contributed by atoms with Crippen molar-refractivity contribution >= 4 is 17.7 Å². The molecule has 17 heteroatoms. The summed E-state index contributed by atoms with van der Waals surface area (Å²) >= 11 is 1.57. The molecule has 0 radical (unpaired) electrons. The van der Waals surface area contributed by atoms with E-state index in [9.17, 15) is 4.79 Å². The van der Waals surface area contributed by atoms with Crippen LogP contribution in [0.1, 0.15) is 63.9 Å². The van der Waals surface area contributed by atoms with Gasteiger partial charge in [-0.1, -0.05) is 280 Å². The summed E-state index contributed by atoms with van der Waals surface area (Å²) in [5.74, 6) is 0.00488. The van der Waals surface area contributed by atoms with Gasteiger partial charge in [0, 0.05) is 6.92 Å². The van der Waals surface area contributed by atoms with Crippen molar-refractivity contribution in [1.29, 1.82) is 0 Å². The summed E-state index contributed by atoms with van der Waals surface area (Å²) in [6.07, 6.45) is -14.5. The standard InChI is InChI=1S/C85H92O16S/c1-3-102-85-82(79(95-57-70-47-29-12-30-48-70)76(92-54-67-41-23-9-24-42-67)73(99-85)60-89-51-64-35-17-6-18-36-64)101-84-81(78(94-56-69-45-27-11-28-46-69)75(91-53-66-39-21-8-22-40-66)72(98-84)59-88-50-63-33-15-5-16-34-63)100-83-80(96-61(2)86)77(93-55-68-43-25-10-26-44-68)74(90-52-65-37-19-7-20-38-65)71(97-83)58-87-49-62-31-13-4-14-32-62/h4-48,71-85H,3,49-60H2,1-2H3/t71?,72?,73?,74-,75-,76-,77?,78+,79+,80?,81?,82?,83+,84-,85+/m1/s1. The van der Waals surface area contributed by atoms with Crippen LogP contribution in [0.25, 0.3) is 0 Å². The predicted octanol–water partition coefficient (Wildman–Crippen LogP) is 14.8. The third-order valence-electron chi connectivity index (χ3n) is 17.9. The SMILES string of the molecule is CCS[C@@H]1OC(COCc2ccccc2)[C@@H](OCc2ccccc2)[C@H](OCc2ccccc2)C1O[C@H]1OC(COCc2ccccc2)[C@@H](OCc2ccccc2)[C@H](OCc2ccccc2)C1O[C@@H]1OC(COCc2ccccc2)[C@@H](OCc2ccccc2)C(OCc2ccccc2)C1OC(C)=O. The molecule has 15 atom stereocenters. The second-order valence-electron chi connectivity index (χ2n) is 25.4. The average Bonchev–Trinajstić information content (AvgIpc) is 0.763. The molecular weight excluding hydrogens is 1310 g/mol. The van der Waals surface area contributed by atoms with E-state index in [-0.39, 0.29) is 72.7 Å². The van der Waals surface area contributed by atoms with Gasteiger partial charge in [-0.25, -0.2) is 0 Å². The molecule has 16 nitrogen and oxygen atoms in total. The van der Waals surface area contributed by atoms with E-state index in [1.807, 2.05) is 273 Å². The first-order valence-corrected chi connectivity index (χ1v) is 36.3. The molecule has 12 rings (SSSR count). The smallest absolute Gasteiger partial charge is 0.303 e. The Bertz CT molecular complexity index is 3770. The van der Waals surface area contributed by atoms with Crippen molar-refractivity contribution in [3.8, 4) is 0 Å². The van der Waals surface area contributed by atoms with E-state index in [1.165, 1.54) is 6.92 Å². The van der Waals surface area contributed by atoms with Crippen LogP contribution >= 0.6 is 11.8 Å². The molecule has 3 heterocycles. The van der Waals surface area contributed by atoms with Crippen LogP contribution in [0.15, 0.2) is 273 Å². The molecule has 3 aliphatic rings. The Kier molecular flexibility index (Phi) is 28.8. The molecule has 0 saturated carbocycles. The number of carbonyl (C=O) groups is 1. The number of hydrogen-bond donors (Lipinski definition) is 0. The van der Waals surface area contributed by atoms with E-state index in [0.29, 0.717) is 12.4 Å². The zero-order valence-electron chi connectivity index (χ0n) is 57.8. The van der Waals surface area contributed by atoms with Crippen molar-refractivity contribution in [3.63, 3.8) is 0 Å². The van der Waals surface area contributed by atoms with E-state index in [1.54, 1.807) is 11.8 Å². The summed E-state index contributed by atoms with van der Waals surface area (Å²) in [6.45, 7) is 5.37. The molecule has 0 aliphatic carbocycles. The Hall–Kier alpha value is -7.76. The van der Waals surface area contributed by atoms with Gasteiger partial charge in [0.15, 0.2) is 18.7 Å². The maximum absolute atomic E-state index is 14.1. The molecule has 3 fully saturated rings. The lowest BCUT2D eigenvalue weighted by Crippen LogP contribution is -2.68. The number of ether oxygens (including phenoxy) is 15. The highest BCUT2D eigenvalue weighted by Gasteiger charge is 2.58. The third kappa shape index (κ3) is 21.9. The highest BCUT2D eigenvalue weighted by molar-refractivity contribution is 7.99. The van der Waals surface area contributed by atoms with Crippen molar-refractivity contribution in [2.75, 3.05) is 25.6 Å². The lowest BCUT2D eigenvalue weighted by Gasteiger charge is -2.52. The number of esters is 1. The fourth-order valence-electron chi connectivity index (χ4n) is 12.8. The van der Waals surface area contributed by atoms with E-state index in [2.05, 4.69) is 6.92 Å². The van der Waals surface area contributed by atoms with Gasteiger partial charge in [0.25, 0.3) is 0 Å². The fourth-order valence-corrected chi connectivity index (χ4v) is 13.8. The van der Waals surface area contributed by atoms with Gasteiger partial charge in [-0.3, -0.25) is 4.79 Å². The molecular formula is C85H92O16S. The Morgan fingerprint density at radius 3 is 0.814 bits per heavy atom. The van der Waals surface area contributed by atoms with E-state index >= 15 is 0 Å². The molecule has 534 valence electrons. The van der Waals surface area contributed by atoms with Gasteiger partial charge in [-0.2, -0.15) is 0 Å². The summed E-state index contributed by atoms with van der Waals surface area (Å²) in [5, 5.41) is 0. The normalized spacial score (nSPS) is 25.0. The van der Waals surface area contributed by atoms with Crippen molar-refractivity contribution in [3.05, 3.63) is 323 Å². The average molecular weight is 1400 g/mol. The molecule has 9 aromatic carbocycles. The van der Waals surface area contributed by atoms with Gasteiger partial charge in [-0.05, 0) is 55.8 Å². The Balaban J connectivity index is 0.991. The van der Waals surface area contributed by atoms with Gasteiger partial charge in [-0.15, -0.1) is 11.8 Å². The van der Waals surface area contributed by atoms with Crippen LogP contribution in [0, 0.1) is 0 Å². The Labute approximate surface area is 603 Å². The minimum Gasteiger partial charge on any atom is -0.454 e. The molecule has 3 aliphatic heterocycles. The van der Waals surface area contributed by atoms with Crippen molar-refractivity contribution < 1.29 is 75.8 Å². The summed E-state index contributed by atoms with van der Waals surface area (Å²) < 4.78 is 108. The maximum Gasteiger partial charge on any atom is 0.303 e. The number of thioether (sulfide) groups is 1. The van der Waals surface area contributed by atoms with Crippen molar-refractivity contribution in [1.82, 2.24) is 0 Å². The summed E-state index contributed by atoms with van der Waals surface area (Å²) in [7, 11) is 0.